The Hall–Kier alpha value is -2.45. The predicted octanol–water partition coefficient (Wildman–Crippen LogP) is 6.86. The van der Waals surface area contributed by atoms with Gasteiger partial charge >= 0.3 is 0 Å². The summed E-state index contributed by atoms with van der Waals surface area (Å²) in [5, 5.41) is 12.5. The van der Waals surface area contributed by atoms with E-state index in [0.717, 1.165) is 17.1 Å². The molecule has 0 saturated heterocycles. The first-order valence-corrected chi connectivity index (χ1v) is 12.0. The molecule has 0 aliphatic carbocycles. The Bertz CT molecular complexity index is 819. The van der Waals surface area contributed by atoms with Gasteiger partial charge in [-0.05, 0) is 40.9 Å². The van der Waals surface area contributed by atoms with E-state index < -0.39 is 8.32 Å². The van der Waals surface area contributed by atoms with E-state index in [1.807, 2.05) is 30.3 Å². The summed E-state index contributed by atoms with van der Waals surface area (Å²) in [4.78, 5) is 0. The number of hydrogen-bond acceptors (Lipinski definition) is 4. The number of ether oxygens (including phenoxy) is 1. The van der Waals surface area contributed by atoms with E-state index in [1.165, 1.54) is 0 Å². The second kappa shape index (κ2) is 9.16. The molecule has 0 aliphatic heterocycles. The second-order valence-corrected chi connectivity index (χ2v) is 13.5. The minimum absolute atomic E-state index is 0.520. The summed E-state index contributed by atoms with van der Waals surface area (Å²) in [6.07, 6.45) is 0. The molecule has 0 aromatic heterocycles. The normalized spacial score (nSPS) is 11.6. The van der Waals surface area contributed by atoms with Crippen molar-refractivity contribution in [2.45, 2.75) is 58.2 Å². The van der Waals surface area contributed by atoms with Gasteiger partial charge in [-0.15, -0.1) is 0 Å². The van der Waals surface area contributed by atoms with Crippen LogP contribution in [0.3, 0.4) is 0 Å². The molecule has 0 heterocycles. The molecule has 4 nitrogen and oxygen atoms in total. The van der Waals surface area contributed by atoms with Crippen molar-refractivity contribution in [3.05, 3.63) is 48.0 Å². The van der Waals surface area contributed by atoms with Gasteiger partial charge in [0.25, 0.3) is 8.32 Å². The lowest BCUT2D eigenvalue weighted by atomic mass is 10.2. The van der Waals surface area contributed by atoms with Crippen LogP contribution in [-0.2, 0) is 0 Å². The van der Waals surface area contributed by atoms with Crippen molar-refractivity contribution in [1.82, 2.24) is 0 Å². The smallest absolute Gasteiger partial charge is 0.258 e. The summed E-state index contributed by atoms with van der Waals surface area (Å²) in [6.45, 7) is 13.7. The van der Waals surface area contributed by atoms with Gasteiger partial charge in [0.15, 0.2) is 0 Å². The summed E-state index contributed by atoms with van der Waals surface area (Å²) in [7, 11) is -0.423. The van der Waals surface area contributed by atoms with E-state index in [1.54, 1.807) is 13.2 Å². The quantitative estimate of drug-likeness (QED) is 0.495. The minimum atomic E-state index is -1.99. The fraction of sp³-hybridized carbons (Fsp3) is 0.435. The SMILES string of the molecule is COc1cc(Nc2cccc(O[Si](C(C)C)(C(C)C)C(C)C)c2)ccc1C#N. The molecule has 0 amide bonds. The van der Waals surface area contributed by atoms with Crippen LogP contribution in [0, 0.1) is 11.3 Å². The summed E-state index contributed by atoms with van der Waals surface area (Å²) in [5.74, 6) is 1.47. The molecular weight excluding hydrogens is 364 g/mol. The average Bonchev–Trinajstić information content (AvgIpc) is 2.65. The van der Waals surface area contributed by atoms with Crippen LogP contribution in [0.2, 0.25) is 16.6 Å². The second-order valence-electron chi connectivity index (χ2n) is 8.10. The fourth-order valence-electron chi connectivity index (χ4n) is 4.22. The van der Waals surface area contributed by atoms with Crippen LogP contribution in [0.15, 0.2) is 42.5 Å². The summed E-state index contributed by atoms with van der Waals surface area (Å²) in [5.41, 5.74) is 3.90. The lowest BCUT2D eigenvalue weighted by Crippen LogP contribution is -2.50. The first-order chi connectivity index (χ1) is 13.2. The van der Waals surface area contributed by atoms with Gasteiger partial charge in [0.2, 0.25) is 0 Å². The van der Waals surface area contributed by atoms with Crippen LogP contribution in [0.5, 0.6) is 11.5 Å². The third-order valence-electron chi connectivity index (χ3n) is 5.45. The third kappa shape index (κ3) is 4.51. The van der Waals surface area contributed by atoms with Gasteiger partial charge < -0.3 is 14.5 Å². The molecule has 0 spiro atoms. The Morgan fingerprint density at radius 2 is 1.50 bits per heavy atom. The molecule has 2 rings (SSSR count). The van der Waals surface area contributed by atoms with Gasteiger partial charge in [0.05, 0.1) is 12.7 Å². The average molecular weight is 397 g/mol. The van der Waals surface area contributed by atoms with E-state index >= 15 is 0 Å². The zero-order valence-corrected chi connectivity index (χ0v) is 19.0. The number of benzene rings is 2. The first kappa shape index (κ1) is 21.8. The summed E-state index contributed by atoms with van der Waals surface area (Å²) >= 11 is 0. The van der Waals surface area contributed by atoms with E-state index in [4.69, 9.17) is 14.4 Å². The van der Waals surface area contributed by atoms with E-state index in [2.05, 4.69) is 59.0 Å². The predicted molar refractivity (Wildman–Crippen MR) is 119 cm³/mol. The number of nitrogens with one attached hydrogen (secondary N) is 1. The molecule has 2 aromatic rings. The number of hydrogen-bond donors (Lipinski definition) is 1. The topological polar surface area (TPSA) is 54.3 Å². The lowest BCUT2D eigenvalue weighted by Gasteiger charge is -2.42. The first-order valence-electron chi connectivity index (χ1n) is 9.88. The monoisotopic (exact) mass is 396 g/mol. The van der Waals surface area contributed by atoms with Gasteiger partial charge in [-0.3, -0.25) is 0 Å². The molecule has 28 heavy (non-hydrogen) atoms. The molecule has 2 aromatic carbocycles. The van der Waals surface area contributed by atoms with Crippen LogP contribution in [0.25, 0.3) is 0 Å². The molecule has 0 fully saturated rings. The van der Waals surface area contributed by atoms with Crippen molar-refractivity contribution in [1.29, 1.82) is 5.26 Å². The van der Waals surface area contributed by atoms with Gasteiger partial charge in [-0.25, -0.2) is 0 Å². The molecule has 0 unspecified atom stereocenters. The van der Waals surface area contributed by atoms with Gasteiger partial charge in [-0.2, -0.15) is 5.26 Å². The van der Waals surface area contributed by atoms with Crippen LogP contribution >= 0.6 is 0 Å². The molecule has 0 bridgehead atoms. The van der Waals surface area contributed by atoms with Gasteiger partial charge in [-0.1, -0.05) is 47.6 Å². The van der Waals surface area contributed by atoms with Crippen LogP contribution < -0.4 is 14.5 Å². The molecular formula is C23H32N2O2Si. The Kier molecular flexibility index (Phi) is 7.15. The maximum atomic E-state index is 9.15. The minimum Gasteiger partial charge on any atom is -0.543 e. The standard InChI is InChI=1S/C23H32N2O2Si/c1-16(2)28(17(3)4,18(5)6)27-22-10-8-9-20(13-22)25-21-12-11-19(15-24)23(14-21)26-7/h8-14,16-18,25H,1-7H3. The van der Waals surface area contributed by atoms with Gasteiger partial charge in [0.1, 0.15) is 17.6 Å². The van der Waals surface area contributed by atoms with Crippen molar-refractivity contribution in [3.63, 3.8) is 0 Å². The number of nitriles is 1. The molecule has 1 N–H and O–H groups in total. The van der Waals surface area contributed by atoms with Crippen molar-refractivity contribution in [3.8, 4) is 17.6 Å². The Labute approximate surface area is 170 Å². The van der Waals surface area contributed by atoms with E-state index in [9.17, 15) is 0 Å². The Morgan fingerprint density at radius 1 is 0.893 bits per heavy atom. The van der Waals surface area contributed by atoms with E-state index in [0.29, 0.717) is 27.9 Å². The van der Waals surface area contributed by atoms with Crippen LogP contribution in [-0.4, -0.2) is 15.4 Å². The van der Waals surface area contributed by atoms with Crippen LogP contribution in [0.4, 0.5) is 11.4 Å². The Morgan fingerprint density at radius 3 is 2.04 bits per heavy atom. The highest BCUT2D eigenvalue weighted by atomic mass is 28.4. The zero-order chi connectivity index (χ0) is 20.9. The maximum absolute atomic E-state index is 9.15. The fourth-order valence-corrected chi connectivity index (χ4v) is 9.47. The molecule has 5 heteroatoms. The molecule has 150 valence electrons. The molecule has 0 saturated carbocycles. The van der Waals surface area contributed by atoms with Crippen molar-refractivity contribution < 1.29 is 9.16 Å². The number of nitrogens with zero attached hydrogens (tertiary/aromatic N) is 1. The summed E-state index contributed by atoms with van der Waals surface area (Å²) < 4.78 is 12.1. The maximum Gasteiger partial charge on any atom is 0.258 e. The van der Waals surface area contributed by atoms with Crippen LogP contribution in [0.1, 0.15) is 47.1 Å². The highest BCUT2D eigenvalue weighted by molar-refractivity contribution is 6.78. The molecule has 0 atom stereocenters. The number of methoxy groups -OCH3 is 1. The van der Waals surface area contributed by atoms with Gasteiger partial charge in [0, 0.05) is 23.5 Å². The number of anilines is 2. The van der Waals surface area contributed by atoms with E-state index in [-0.39, 0.29) is 0 Å². The molecule has 0 radical (unpaired) electrons. The third-order valence-corrected chi connectivity index (χ3v) is 11.4. The number of rotatable bonds is 8. The Balaban J connectivity index is 2.30. The lowest BCUT2D eigenvalue weighted by molar-refractivity contribution is 0.413. The highest BCUT2D eigenvalue weighted by Crippen LogP contribution is 2.43. The highest BCUT2D eigenvalue weighted by Gasteiger charge is 2.46. The molecule has 0 aliphatic rings. The largest absolute Gasteiger partial charge is 0.543 e. The summed E-state index contributed by atoms with van der Waals surface area (Å²) in [6, 6.07) is 15.7. The zero-order valence-electron chi connectivity index (χ0n) is 18.0. The van der Waals surface area contributed by atoms with Crippen molar-refractivity contribution in [2.24, 2.45) is 0 Å². The van der Waals surface area contributed by atoms with Crippen molar-refractivity contribution in [2.75, 3.05) is 12.4 Å². The van der Waals surface area contributed by atoms with Crippen molar-refractivity contribution >= 4 is 19.7 Å².